The average molecular weight is 350 g/mol. The van der Waals surface area contributed by atoms with Crippen LogP contribution in [0.1, 0.15) is 35.7 Å². The Labute approximate surface area is 152 Å². The second-order valence-electron chi connectivity index (χ2n) is 6.23. The van der Waals surface area contributed by atoms with Gasteiger partial charge in [0, 0.05) is 18.7 Å². The zero-order valence-electron chi connectivity index (χ0n) is 14.9. The molecule has 3 aromatic rings. The van der Waals surface area contributed by atoms with Gasteiger partial charge in [0.15, 0.2) is 0 Å². The van der Waals surface area contributed by atoms with Crippen LogP contribution in [0.3, 0.4) is 0 Å². The van der Waals surface area contributed by atoms with Gasteiger partial charge < -0.3 is 14.6 Å². The smallest absolute Gasteiger partial charge is 0.270 e. The summed E-state index contributed by atoms with van der Waals surface area (Å²) in [7, 11) is 0. The molecule has 6 nitrogen and oxygen atoms in total. The molecular weight excluding hydrogens is 328 g/mol. The van der Waals surface area contributed by atoms with E-state index in [9.17, 15) is 4.79 Å². The summed E-state index contributed by atoms with van der Waals surface area (Å²) in [4.78, 5) is 23.0. The highest BCUT2D eigenvalue weighted by atomic mass is 16.3. The second kappa shape index (κ2) is 8.29. The molecule has 2 aromatic heterocycles. The summed E-state index contributed by atoms with van der Waals surface area (Å²) in [5.41, 5.74) is 1.52. The van der Waals surface area contributed by atoms with Crippen LogP contribution in [0, 0.1) is 0 Å². The highest BCUT2D eigenvalue weighted by molar-refractivity contribution is 5.92. The van der Waals surface area contributed by atoms with E-state index >= 15 is 0 Å². The topological polar surface area (TPSA) is 71.3 Å². The lowest BCUT2D eigenvalue weighted by Crippen LogP contribution is -2.31. The summed E-state index contributed by atoms with van der Waals surface area (Å²) in [5, 5.41) is 2.80. The number of aromatic nitrogens is 2. The van der Waals surface area contributed by atoms with Gasteiger partial charge in [-0.25, -0.2) is 9.97 Å². The molecule has 26 heavy (non-hydrogen) atoms. The van der Waals surface area contributed by atoms with Crippen molar-refractivity contribution in [1.29, 1.82) is 0 Å². The molecule has 134 valence electrons. The van der Waals surface area contributed by atoms with E-state index in [0.29, 0.717) is 24.5 Å². The van der Waals surface area contributed by atoms with Crippen LogP contribution in [0.2, 0.25) is 0 Å². The van der Waals surface area contributed by atoms with E-state index in [1.807, 2.05) is 24.3 Å². The minimum absolute atomic E-state index is 0.226. The maximum Gasteiger partial charge on any atom is 0.270 e. The molecule has 0 unspecified atom stereocenters. The normalized spacial score (nSPS) is 10.7. The number of furan rings is 1. The van der Waals surface area contributed by atoms with Crippen LogP contribution in [0.15, 0.2) is 65.5 Å². The van der Waals surface area contributed by atoms with Crippen molar-refractivity contribution in [2.45, 2.75) is 33.0 Å². The third-order valence-corrected chi connectivity index (χ3v) is 4.00. The lowest BCUT2D eigenvalue weighted by atomic mass is 10.2. The van der Waals surface area contributed by atoms with Crippen LogP contribution in [-0.4, -0.2) is 21.9 Å². The molecule has 6 heteroatoms. The van der Waals surface area contributed by atoms with Gasteiger partial charge in [-0.15, -0.1) is 0 Å². The number of carbonyl (C=O) groups excluding carboxylic acids is 1. The Hall–Kier alpha value is -3.15. The van der Waals surface area contributed by atoms with Gasteiger partial charge >= 0.3 is 0 Å². The van der Waals surface area contributed by atoms with Crippen LogP contribution in [0.5, 0.6) is 0 Å². The van der Waals surface area contributed by atoms with Crippen molar-refractivity contribution in [1.82, 2.24) is 15.3 Å². The van der Waals surface area contributed by atoms with E-state index in [1.54, 1.807) is 18.4 Å². The Bertz CT molecular complexity index is 832. The molecule has 3 rings (SSSR count). The first-order valence-corrected chi connectivity index (χ1v) is 8.56. The Kier molecular flexibility index (Phi) is 5.63. The lowest BCUT2D eigenvalue weighted by molar-refractivity contribution is 0.0943. The summed E-state index contributed by atoms with van der Waals surface area (Å²) < 4.78 is 5.22. The molecule has 0 saturated carbocycles. The fourth-order valence-electron chi connectivity index (χ4n) is 2.61. The zero-order valence-corrected chi connectivity index (χ0v) is 14.9. The zero-order chi connectivity index (χ0) is 18.4. The number of anilines is 1. The molecule has 0 aliphatic heterocycles. The van der Waals surface area contributed by atoms with E-state index in [0.717, 1.165) is 5.82 Å². The van der Waals surface area contributed by atoms with Crippen molar-refractivity contribution >= 4 is 11.7 Å². The Morgan fingerprint density at radius 2 is 1.96 bits per heavy atom. The van der Waals surface area contributed by atoms with E-state index in [4.69, 9.17) is 4.42 Å². The lowest BCUT2D eigenvalue weighted by Gasteiger charge is -2.28. The number of nitrogens with zero attached hydrogens (tertiary/aromatic N) is 3. The molecule has 0 fully saturated rings. The summed E-state index contributed by atoms with van der Waals surface area (Å²) in [6.45, 7) is 5.23. The summed E-state index contributed by atoms with van der Waals surface area (Å²) in [5.74, 6) is 1.16. The van der Waals surface area contributed by atoms with Crippen LogP contribution >= 0.6 is 0 Å². The van der Waals surface area contributed by atoms with Crippen molar-refractivity contribution in [2.24, 2.45) is 0 Å². The predicted octanol–water partition coefficient (Wildman–Crippen LogP) is 3.41. The van der Waals surface area contributed by atoms with Crippen LogP contribution in [0.4, 0.5) is 5.82 Å². The third-order valence-electron chi connectivity index (χ3n) is 4.00. The van der Waals surface area contributed by atoms with Gasteiger partial charge in [0.1, 0.15) is 23.6 Å². The summed E-state index contributed by atoms with van der Waals surface area (Å²) >= 11 is 0. The van der Waals surface area contributed by atoms with Crippen molar-refractivity contribution in [3.05, 3.63) is 78.1 Å². The predicted molar refractivity (Wildman–Crippen MR) is 99.7 cm³/mol. The molecule has 0 bridgehead atoms. The molecule has 0 radical (unpaired) electrons. The monoisotopic (exact) mass is 350 g/mol. The van der Waals surface area contributed by atoms with Crippen LogP contribution in [0.25, 0.3) is 0 Å². The molecule has 2 heterocycles. The first kappa shape index (κ1) is 17.7. The number of amides is 1. The summed E-state index contributed by atoms with van der Waals surface area (Å²) in [6.07, 6.45) is 3.01. The van der Waals surface area contributed by atoms with Crippen LogP contribution in [-0.2, 0) is 13.1 Å². The summed E-state index contributed by atoms with van der Waals surface area (Å²) in [6, 6.07) is 15.7. The quantitative estimate of drug-likeness (QED) is 0.707. The number of rotatable bonds is 7. The van der Waals surface area contributed by atoms with E-state index in [-0.39, 0.29) is 11.9 Å². The molecule has 0 aliphatic carbocycles. The molecule has 0 spiro atoms. The Morgan fingerprint density at radius 3 is 2.65 bits per heavy atom. The number of hydrogen-bond acceptors (Lipinski definition) is 5. The van der Waals surface area contributed by atoms with E-state index < -0.39 is 0 Å². The molecule has 1 amide bonds. The van der Waals surface area contributed by atoms with Gasteiger partial charge in [-0.3, -0.25) is 4.79 Å². The van der Waals surface area contributed by atoms with Gasteiger partial charge in [-0.2, -0.15) is 0 Å². The Balaban J connectivity index is 1.74. The molecule has 0 saturated heterocycles. The second-order valence-corrected chi connectivity index (χ2v) is 6.23. The first-order valence-electron chi connectivity index (χ1n) is 8.56. The highest BCUT2D eigenvalue weighted by Gasteiger charge is 2.16. The number of carbonyl (C=O) groups is 1. The maximum absolute atomic E-state index is 12.4. The molecular formula is C20H22N4O2. The average Bonchev–Trinajstić information content (AvgIpc) is 3.18. The molecule has 1 aromatic carbocycles. The SMILES string of the molecule is CC(C)N(Cc1ccccc1)c1cc(C(=O)NCc2ccco2)ncn1. The van der Waals surface area contributed by atoms with Gasteiger partial charge in [0.2, 0.25) is 0 Å². The van der Waals surface area contributed by atoms with Crippen molar-refractivity contribution in [3.63, 3.8) is 0 Å². The molecule has 0 aliphatic rings. The van der Waals surface area contributed by atoms with Gasteiger partial charge in [0.05, 0.1) is 12.8 Å². The van der Waals surface area contributed by atoms with E-state index in [1.165, 1.54) is 11.9 Å². The minimum Gasteiger partial charge on any atom is -0.467 e. The molecule has 0 atom stereocenters. The first-order chi connectivity index (χ1) is 12.6. The number of hydrogen-bond donors (Lipinski definition) is 1. The van der Waals surface area contributed by atoms with Gasteiger partial charge in [-0.05, 0) is 31.5 Å². The van der Waals surface area contributed by atoms with Gasteiger partial charge in [0.25, 0.3) is 5.91 Å². The minimum atomic E-state index is -0.256. The van der Waals surface area contributed by atoms with Crippen molar-refractivity contribution in [3.8, 4) is 0 Å². The van der Waals surface area contributed by atoms with Crippen molar-refractivity contribution in [2.75, 3.05) is 4.90 Å². The molecule has 1 N–H and O–H groups in total. The van der Waals surface area contributed by atoms with Crippen molar-refractivity contribution < 1.29 is 9.21 Å². The Morgan fingerprint density at radius 1 is 1.15 bits per heavy atom. The number of benzene rings is 1. The van der Waals surface area contributed by atoms with Crippen LogP contribution < -0.4 is 10.2 Å². The number of nitrogens with one attached hydrogen (secondary N) is 1. The van der Waals surface area contributed by atoms with Gasteiger partial charge in [-0.1, -0.05) is 30.3 Å². The fraction of sp³-hybridized carbons (Fsp3) is 0.250. The van der Waals surface area contributed by atoms with E-state index in [2.05, 4.69) is 46.2 Å². The largest absolute Gasteiger partial charge is 0.467 e. The third kappa shape index (κ3) is 4.47. The standard InChI is InChI=1S/C20H22N4O2/c1-15(2)24(13-16-7-4-3-5-8-16)19-11-18(22-14-23-19)20(25)21-12-17-9-6-10-26-17/h3-11,14-15H,12-13H2,1-2H3,(H,21,25). The maximum atomic E-state index is 12.4. The fourth-order valence-corrected chi connectivity index (χ4v) is 2.61. The highest BCUT2D eigenvalue weighted by Crippen LogP contribution is 2.18.